The Labute approximate surface area is 175 Å². The van der Waals surface area contributed by atoms with Crippen molar-refractivity contribution >= 4 is 29.3 Å². The zero-order chi connectivity index (χ0) is 20.1. The van der Waals surface area contributed by atoms with E-state index in [1.165, 1.54) is 5.56 Å². The molecule has 2 aliphatic heterocycles. The van der Waals surface area contributed by atoms with Crippen molar-refractivity contribution in [1.82, 2.24) is 15.1 Å². The number of thiocarbonyl (C=S) groups is 1. The van der Waals surface area contributed by atoms with Gasteiger partial charge in [-0.15, -0.1) is 0 Å². The number of amides is 1. The smallest absolute Gasteiger partial charge is 0.257 e. The van der Waals surface area contributed by atoms with Crippen molar-refractivity contribution in [1.29, 1.82) is 0 Å². The summed E-state index contributed by atoms with van der Waals surface area (Å²) in [6, 6.07) is 15.4. The molecule has 0 bridgehead atoms. The molecule has 2 aliphatic rings. The van der Waals surface area contributed by atoms with Crippen molar-refractivity contribution in [2.45, 2.75) is 0 Å². The Kier molecular flexibility index (Phi) is 6.07. The molecular formula is C22H23N3O3S. The average molecular weight is 410 g/mol. The summed E-state index contributed by atoms with van der Waals surface area (Å²) in [6.07, 6.45) is 4.33. The Morgan fingerprint density at radius 3 is 2.59 bits per heavy atom. The van der Waals surface area contributed by atoms with Gasteiger partial charge < -0.3 is 14.4 Å². The number of hydrogen-bond donors (Lipinski definition) is 1. The molecule has 1 fully saturated rings. The van der Waals surface area contributed by atoms with Crippen molar-refractivity contribution in [2.75, 3.05) is 39.5 Å². The van der Waals surface area contributed by atoms with Crippen molar-refractivity contribution in [3.63, 3.8) is 0 Å². The highest BCUT2D eigenvalue weighted by Crippen LogP contribution is 2.32. The number of nitrogens with zero attached hydrogens (tertiary/aromatic N) is 2. The van der Waals surface area contributed by atoms with Gasteiger partial charge in [-0.25, -0.2) is 0 Å². The normalized spacial score (nSPS) is 16.2. The van der Waals surface area contributed by atoms with Gasteiger partial charge in [0.15, 0.2) is 16.6 Å². The lowest BCUT2D eigenvalue weighted by Crippen LogP contribution is -2.52. The molecule has 1 N–H and O–H groups in total. The molecule has 6 nitrogen and oxygen atoms in total. The van der Waals surface area contributed by atoms with Crippen molar-refractivity contribution in [3.05, 3.63) is 65.7 Å². The van der Waals surface area contributed by atoms with Gasteiger partial charge in [0.1, 0.15) is 0 Å². The molecule has 0 aromatic heterocycles. The zero-order valence-electron chi connectivity index (χ0n) is 16.0. The highest BCUT2D eigenvalue weighted by Gasteiger charge is 2.21. The van der Waals surface area contributed by atoms with E-state index in [-0.39, 0.29) is 12.7 Å². The van der Waals surface area contributed by atoms with Gasteiger partial charge in [-0.1, -0.05) is 42.5 Å². The van der Waals surface area contributed by atoms with Crippen molar-refractivity contribution in [2.24, 2.45) is 0 Å². The van der Waals surface area contributed by atoms with E-state index < -0.39 is 0 Å². The number of hydrogen-bond acceptors (Lipinski definition) is 5. The molecule has 4 rings (SSSR count). The summed E-state index contributed by atoms with van der Waals surface area (Å²) in [5.74, 6) is 1.00. The lowest BCUT2D eigenvalue weighted by atomic mass is 10.2. The third-order valence-electron chi connectivity index (χ3n) is 4.99. The maximum Gasteiger partial charge on any atom is 0.257 e. The molecule has 150 valence electrons. The molecule has 2 aromatic rings. The molecule has 2 heterocycles. The summed E-state index contributed by atoms with van der Waals surface area (Å²) in [5, 5.41) is 3.29. The van der Waals surface area contributed by atoms with Gasteiger partial charge in [-0.05, 0) is 36.0 Å². The maximum atomic E-state index is 12.5. The predicted molar refractivity (Wildman–Crippen MR) is 116 cm³/mol. The molecule has 29 heavy (non-hydrogen) atoms. The van der Waals surface area contributed by atoms with E-state index in [9.17, 15) is 4.79 Å². The van der Waals surface area contributed by atoms with Crippen LogP contribution in [0.15, 0.2) is 54.6 Å². The van der Waals surface area contributed by atoms with E-state index in [0.717, 1.165) is 32.7 Å². The fourth-order valence-electron chi connectivity index (χ4n) is 3.32. The van der Waals surface area contributed by atoms with E-state index in [2.05, 4.69) is 34.5 Å². The first-order valence-electron chi connectivity index (χ1n) is 9.63. The fraction of sp³-hybridized carbons (Fsp3) is 0.273. The molecule has 0 saturated carbocycles. The van der Waals surface area contributed by atoms with Crippen LogP contribution in [0.1, 0.15) is 15.9 Å². The van der Waals surface area contributed by atoms with Crippen LogP contribution in [0, 0.1) is 0 Å². The van der Waals surface area contributed by atoms with Gasteiger partial charge in [-0.3, -0.25) is 15.0 Å². The first-order valence-corrected chi connectivity index (χ1v) is 10.0. The fourth-order valence-corrected chi connectivity index (χ4v) is 3.60. The SMILES string of the molecule is O=C(NC(=S)N1CCN(C/C=C/c2ccccc2)CC1)c1ccc2c(c1)OCO2. The van der Waals surface area contributed by atoms with Crippen molar-refractivity contribution in [3.8, 4) is 11.5 Å². The minimum absolute atomic E-state index is 0.184. The number of piperazine rings is 1. The monoisotopic (exact) mass is 409 g/mol. The second-order valence-corrected chi connectivity index (χ2v) is 7.31. The number of benzene rings is 2. The number of fused-ring (bicyclic) bond motifs is 1. The van der Waals surface area contributed by atoms with E-state index in [4.69, 9.17) is 21.7 Å². The van der Waals surface area contributed by atoms with Crippen LogP contribution in [0.25, 0.3) is 6.08 Å². The summed E-state index contributed by atoms with van der Waals surface area (Å²) in [7, 11) is 0. The van der Waals surface area contributed by atoms with E-state index >= 15 is 0 Å². The number of carbonyl (C=O) groups is 1. The first-order chi connectivity index (χ1) is 14.2. The number of rotatable bonds is 4. The molecule has 0 unspecified atom stereocenters. The van der Waals surface area contributed by atoms with Crippen LogP contribution in [-0.2, 0) is 0 Å². The van der Waals surface area contributed by atoms with Crippen molar-refractivity contribution < 1.29 is 14.3 Å². The Balaban J connectivity index is 1.23. The molecule has 0 atom stereocenters. The molecular weight excluding hydrogens is 386 g/mol. The Morgan fingerprint density at radius 2 is 1.79 bits per heavy atom. The van der Waals surface area contributed by atoms with Gasteiger partial charge in [-0.2, -0.15) is 0 Å². The maximum absolute atomic E-state index is 12.5. The van der Waals surface area contributed by atoms with Crippen LogP contribution in [0.5, 0.6) is 11.5 Å². The summed E-state index contributed by atoms with van der Waals surface area (Å²) < 4.78 is 10.6. The Morgan fingerprint density at radius 1 is 1.03 bits per heavy atom. The van der Waals surface area contributed by atoms with Gasteiger partial charge in [0.2, 0.25) is 6.79 Å². The topological polar surface area (TPSA) is 54.0 Å². The quantitative estimate of drug-likeness (QED) is 0.784. The van der Waals surface area contributed by atoms with Gasteiger partial charge in [0.05, 0.1) is 0 Å². The van der Waals surface area contributed by atoms with Crippen LogP contribution in [0.2, 0.25) is 0 Å². The second kappa shape index (κ2) is 9.07. The minimum atomic E-state index is -0.235. The molecule has 2 aromatic carbocycles. The summed E-state index contributed by atoms with van der Waals surface area (Å²) in [6.45, 7) is 4.47. The van der Waals surface area contributed by atoms with Crippen LogP contribution in [0.3, 0.4) is 0 Å². The van der Waals surface area contributed by atoms with Gasteiger partial charge in [0.25, 0.3) is 5.91 Å². The molecule has 7 heteroatoms. The Bertz CT molecular complexity index is 909. The molecule has 0 spiro atoms. The minimum Gasteiger partial charge on any atom is -0.454 e. The van der Waals surface area contributed by atoms with Crippen LogP contribution in [0.4, 0.5) is 0 Å². The third kappa shape index (κ3) is 4.93. The molecule has 0 aliphatic carbocycles. The van der Waals surface area contributed by atoms with Gasteiger partial charge in [0, 0.05) is 38.3 Å². The van der Waals surface area contributed by atoms with E-state index in [1.54, 1.807) is 18.2 Å². The summed E-state index contributed by atoms with van der Waals surface area (Å²) in [4.78, 5) is 16.9. The van der Waals surface area contributed by atoms with E-state index in [1.807, 2.05) is 23.1 Å². The lowest BCUT2D eigenvalue weighted by Gasteiger charge is -2.35. The highest BCUT2D eigenvalue weighted by atomic mass is 32.1. The molecule has 1 amide bonds. The van der Waals surface area contributed by atoms with Crippen LogP contribution in [-0.4, -0.2) is 60.3 Å². The lowest BCUT2D eigenvalue weighted by molar-refractivity contribution is 0.0969. The zero-order valence-corrected chi connectivity index (χ0v) is 16.9. The summed E-state index contributed by atoms with van der Waals surface area (Å²) >= 11 is 5.45. The average Bonchev–Trinajstić information content (AvgIpc) is 3.23. The molecule has 0 radical (unpaired) electrons. The highest BCUT2D eigenvalue weighted by molar-refractivity contribution is 7.80. The third-order valence-corrected chi connectivity index (χ3v) is 5.35. The number of nitrogens with one attached hydrogen (secondary N) is 1. The van der Waals surface area contributed by atoms with Crippen LogP contribution >= 0.6 is 12.2 Å². The standard InChI is InChI=1S/C22H23N3O3S/c26-21(18-8-9-19-20(15-18)28-16-27-19)23-22(29)25-13-11-24(12-14-25)10-4-7-17-5-2-1-3-6-17/h1-9,15H,10-14,16H2,(H,23,26,29)/b7-4+. The first kappa shape index (κ1) is 19.4. The Hall–Kier alpha value is -2.90. The number of ether oxygens (including phenoxy) is 2. The molecule has 1 saturated heterocycles. The van der Waals surface area contributed by atoms with E-state index in [0.29, 0.717) is 22.2 Å². The summed E-state index contributed by atoms with van der Waals surface area (Å²) in [5.41, 5.74) is 1.71. The predicted octanol–water partition coefficient (Wildman–Crippen LogP) is 2.76. The largest absolute Gasteiger partial charge is 0.454 e. The van der Waals surface area contributed by atoms with Gasteiger partial charge >= 0.3 is 0 Å². The number of carbonyl (C=O) groups excluding carboxylic acids is 1. The second-order valence-electron chi connectivity index (χ2n) is 6.93. The van der Waals surface area contributed by atoms with Crippen LogP contribution < -0.4 is 14.8 Å².